The first-order valence-electron chi connectivity index (χ1n) is 9.76. The van der Waals surface area contributed by atoms with Gasteiger partial charge in [-0.05, 0) is 24.3 Å². The van der Waals surface area contributed by atoms with Crippen LogP contribution in [-0.4, -0.2) is 28.5 Å². The van der Waals surface area contributed by atoms with E-state index < -0.39 is 0 Å². The molecule has 3 heterocycles. The van der Waals surface area contributed by atoms with Crippen LogP contribution in [0.3, 0.4) is 0 Å². The van der Waals surface area contributed by atoms with Crippen LogP contribution in [0.15, 0.2) is 35.1 Å². The number of nitrogens with one attached hydrogen (secondary N) is 2. The molecular formula is C21H23ClN4O2S. The van der Waals surface area contributed by atoms with Gasteiger partial charge in [0.15, 0.2) is 10.6 Å². The lowest BCUT2D eigenvalue weighted by Gasteiger charge is -2.23. The van der Waals surface area contributed by atoms with E-state index in [0.29, 0.717) is 26.9 Å². The van der Waals surface area contributed by atoms with Crippen LogP contribution in [0.2, 0.25) is 5.02 Å². The Morgan fingerprint density at radius 3 is 2.86 bits per heavy atom. The Morgan fingerprint density at radius 1 is 1.38 bits per heavy atom. The second-order valence-corrected chi connectivity index (χ2v) is 8.92. The Bertz CT molecular complexity index is 1090. The number of carbonyl (C=O) groups is 1. The number of H-pyrrole nitrogens is 1. The number of fused-ring (bicyclic) bond motifs is 1. The first-order valence-corrected chi connectivity index (χ1v) is 11.0. The number of aromatic nitrogens is 2. The molecule has 1 fully saturated rings. The molecule has 29 heavy (non-hydrogen) atoms. The summed E-state index contributed by atoms with van der Waals surface area (Å²) in [6.07, 6.45) is 1.67. The Hall–Kier alpha value is -2.38. The van der Waals surface area contributed by atoms with Crippen LogP contribution >= 0.6 is 22.9 Å². The van der Waals surface area contributed by atoms with Gasteiger partial charge in [0.25, 0.3) is 5.56 Å². The third kappa shape index (κ3) is 3.89. The highest BCUT2D eigenvalue weighted by molar-refractivity contribution is 7.22. The standard InChI is InChI=1S/C21H23ClN4O2S/c1-12(2)16-15(22)18-17(20(28)24-16)25-21(29-18)26-10-6-9-14(26)19(27)23-11-13-7-4-3-5-8-13/h3-5,7-8,12,14H,6,9-11H2,1-2H3,(H,23,27)(H,24,28)/t14-/m1/s1. The molecule has 2 N–H and O–H groups in total. The van der Waals surface area contributed by atoms with Crippen LogP contribution in [0.4, 0.5) is 5.13 Å². The summed E-state index contributed by atoms with van der Waals surface area (Å²) >= 11 is 7.93. The van der Waals surface area contributed by atoms with Crippen LogP contribution in [0, 0.1) is 0 Å². The molecule has 152 valence electrons. The first-order chi connectivity index (χ1) is 14.0. The lowest BCUT2D eigenvalue weighted by Crippen LogP contribution is -2.43. The molecule has 0 saturated carbocycles. The van der Waals surface area contributed by atoms with Gasteiger partial charge in [0.1, 0.15) is 6.04 Å². The molecule has 1 aliphatic rings. The van der Waals surface area contributed by atoms with Gasteiger partial charge in [-0.3, -0.25) is 9.59 Å². The van der Waals surface area contributed by atoms with Crippen LogP contribution in [0.5, 0.6) is 0 Å². The number of anilines is 1. The van der Waals surface area contributed by atoms with E-state index in [2.05, 4.69) is 15.3 Å². The van der Waals surface area contributed by atoms with Gasteiger partial charge in [0.05, 0.1) is 9.72 Å². The van der Waals surface area contributed by atoms with Gasteiger partial charge >= 0.3 is 0 Å². The third-order valence-corrected chi connectivity index (χ3v) is 6.82. The van der Waals surface area contributed by atoms with Crippen molar-refractivity contribution < 1.29 is 4.79 Å². The average molecular weight is 431 g/mol. The average Bonchev–Trinajstić information content (AvgIpc) is 3.37. The molecule has 0 spiro atoms. The van der Waals surface area contributed by atoms with Gasteiger partial charge in [0, 0.05) is 18.8 Å². The maximum Gasteiger partial charge on any atom is 0.275 e. The number of pyridine rings is 1. The summed E-state index contributed by atoms with van der Waals surface area (Å²) in [6, 6.07) is 9.55. The van der Waals surface area contributed by atoms with E-state index in [1.165, 1.54) is 11.3 Å². The molecule has 0 bridgehead atoms. The van der Waals surface area contributed by atoms with E-state index in [1.54, 1.807) is 0 Å². The molecule has 1 atom stereocenters. The summed E-state index contributed by atoms with van der Waals surface area (Å²) in [5.41, 5.74) is 1.89. The molecule has 1 aliphatic heterocycles. The largest absolute Gasteiger partial charge is 0.350 e. The molecule has 6 nitrogen and oxygen atoms in total. The molecule has 0 unspecified atom stereocenters. The Kier molecular flexibility index (Phi) is 5.61. The van der Waals surface area contributed by atoms with Crippen molar-refractivity contribution in [3.63, 3.8) is 0 Å². The minimum absolute atomic E-state index is 0.0199. The predicted octanol–water partition coefficient (Wildman–Crippen LogP) is 4.05. The molecule has 1 aromatic carbocycles. The van der Waals surface area contributed by atoms with E-state index in [-0.39, 0.29) is 23.4 Å². The number of nitrogens with zero attached hydrogens (tertiary/aromatic N) is 2. The molecule has 1 saturated heterocycles. The molecule has 4 rings (SSSR count). The Labute approximate surface area is 177 Å². The van der Waals surface area contributed by atoms with Crippen molar-refractivity contribution >= 4 is 44.2 Å². The van der Waals surface area contributed by atoms with Gasteiger partial charge in [0.2, 0.25) is 5.91 Å². The van der Waals surface area contributed by atoms with Gasteiger partial charge in [-0.1, -0.05) is 67.1 Å². The molecule has 2 aromatic heterocycles. The number of rotatable bonds is 5. The van der Waals surface area contributed by atoms with Crippen LogP contribution in [0.25, 0.3) is 10.2 Å². The second kappa shape index (κ2) is 8.16. The zero-order valence-electron chi connectivity index (χ0n) is 16.4. The van der Waals surface area contributed by atoms with E-state index in [0.717, 1.165) is 30.6 Å². The van der Waals surface area contributed by atoms with Crippen molar-refractivity contribution in [1.82, 2.24) is 15.3 Å². The maximum absolute atomic E-state index is 12.8. The summed E-state index contributed by atoms with van der Waals surface area (Å²) in [7, 11) is 0. The molecule has 3 aromatic rings. The Morgan fingerprint density at radius 2 is 2.14 bits per heavy atom. The van der Waals surface area contributed by atoms with E-state index in [9.17, 15) is 9.59 Å². The monoisotopic (exact) mass is 430 g/mol. The lowest BCUT2D eigenvalue weighted by molar-refractivity contribution is -0.122. The number of halogens is 1. The van der Waals surface area contributed by atoms with Crippen molar-refractivity contribution in [3.05, 3.63) is 57.0 Å². The zero-order valence-corrected chi connectivity index (χ0v) is 17.9. The molecule has 0 radical (unpaired) electrons. The highest BCUT2D eigenvalue weighted by atomic mass is 35.5. The van der Waals surface area contributed by atoms with Crippen molar-refractivity contribution in [2.75, 3.05) is 11.4 Å². The van der Waals surface area contributed by atoms with E-state index >= 15 is 0 Å². The van der Waals surface area contributed by atoms with E-state index in [1.807, 2.05) is 49.1 Å². The highest BCUT2D eigenvalue weighted by Gasteiger charge is 2.33. The van der Waals surface area contributed by atoms with Gasteiger partial charge in [-0.15, -0.1) is 0 Å². The minimum atomic E-state index is -0.290. The zero-order chi connectivity index (χ0) is 20.5. The smallest absolute Gasteiger partial charge is 0.275 e. The van der Waals surface area contributed by atoms with Crippen molar-refractivity contribution in [1.29, 1.82) is 0 Å². The van der Waals surface area contributed by atoms with Gasteiger partial charge < -0.3 is 15.2 Å². The Balaban J connectivity index is 1.59. The number of aromatic amines is 1. The number of hydrogen-bond acceptors (Lipinski definition) is 5. The fraction of sp³-hybridized carbons (Fsp3) is 0.381. The van der Waals surface area contributed by atoms with Gasteiger partial charge in [-0.25, -0.2) is 4.98 Å². The van der Waals surface area contributed by atoms with Crippen LogP contribution in [-0.2, 0) is 11.3 Å². The maximum atomic E-state index is 12.8. The van der Waals surface area contributed by atoms with Crippen LogP contribution in [0.1, 0.15) is 43.9 Å². The fourth-order valence-corrected chi connectivity index (χ4v) is 5.22. The van der Waals surface area contributed by atoms with Crippen LogP contribution < -0.4 is 15.8 Å². The predicted molar refractivity (Wildman–Crippen MR) is 118 cm³/mol. The summed E-state index contributed by atoms with van der Waals surface area (Å²) < 4.78 is 0.685. The van der Waals surface area contributed by atoms with Gasteiger partial charge in [-0.2, -0.15) is 0 Å². The summed E-state index contributed by atoms with van der Waals surface area (Å²) in [6.45, 7) is 5.19. The number of hydrogen-bond donors (Lipinski definition) is 2. The summed E-state index contributed by atoms with van der Waals surface area (Å²) in [5.74, 6) is 0.0851. The van der Waals surface area contributed by atoms with Crippen molar-refractivity contribution in [2.24, 2.45) is 0 Å². The topological polar surface area (TPSA) is 78.1 Å². The minimum Gasteiger partial charge on any atom is -0.350 e. The molecule has 1 amide bonds. The summed E-state index contributed by atoms with van der Waals surface area (Å²) in [5, 5.41) is 4.24. The normalized spacial score (nSPS) is 16.7. The number of thiazole rings is 1. The van der Waals surface area contributed by atoms with Crippen molar-refractivity contribution in [2.45, 2.75) is 45.2 Å². The quantitative estimate of drug-likeness (QED) is 0.640. The number of amides is 1. The molecule has 8 heteroatoms. The summed E-state index contributed by atoms with van der Waals surface area (Å²) in [4.78, 5) is 34.7. The van der Waals surface area contributed by atoms with Crippen molar-refractivity contribution in [3.8, 4) is 0 Å². The first kappa shape index (κ1) is 19.9. The fourth-order valence-electron chi connectivity index (χ4n) is 3.66. The SMILES string of the molecule is CC(C)c1[nH]c(=O)c2nc(N3CCC[C@@H]3C(=O)NCc3ccccc3)sc2c1Cl. The molecule has 0 aliphatic carbocycles. The number of benzene rings is 1. The highest BCUT2D eigenvalue weighted by Crippen LogP contribution is 2.37. The molecular weight excluding hydrogens is 408 g/mol. The third-order valence-electron chi connectivity index (χ3n) is 5.20. The number of carbonyl (C=O) groups excluding carboxylic acids is 1. The van der Waals surface area contributed by atoms with E-state index in [4.69, 9.17) is 11.6 Å². The second-order valence-electron chi connectivity index (χ2n) is 7.57. The lowest BCUT2D eigenvalue weighted by atomic mass is 10.1.